The maximum atomic E-state index is 12.2. The van der Waals surface area contributed by atoms with Crippen molar-refractivity contribution in [2.45, 2.75) is 46.8 Å². The highest BCUT2D eigenvalue weighted by Crippen LogP contribution is 2.14. The van der Waals surface area contributed by atoms with Gasteiger partial charge in [0, 0.05) is 19.8 Å². The fourth-order valence-corrected chi connectivity index (χ4v) is 2.44. The largest absolute Gasteiger partial charge is 0.445 e. The fourth-order valence-electron chi connectivity index (χ4n) is 2.44. The molecule has 158 valence electrons. The number of hydrogen-bond donors (Lipinski definition) is 3. The van der Waals surface area contributed by atoms with Crippen molar-refractivity contribution in [2.24, 2.45) is 5.92 Å². The number of hydrogen-bond acceptors (Lipinski definition) is 5. The zero-order valence-corrected chi connectivity index (χ0v) is 17.6. The zero-order valence-electron chi connectivity index (χ0n) is 17.6. The van der Waals surface area contributed by atoms with E-state index in [-0.39, 0.29) is 37.4 Å². The number of aliphatic hydroxyl groups excluding tert-OH is 1. The van der Waals surface area contributed by atoms with Crippen molar-refractivity contribution >= 4 is 23.6 Å². The highest BCUT2D eigenvalue weighted by molar-refractivity contribution is 5.90. The summed E-state index contributed by atoms with van der Waals surface area (Å²) in [5.41, 5.74) is 1.34. The molecule has 0 fully saturated rings. The Morgan fingerprint density at radius 2 is 1.71 bits per heavy atom. The molecule has 0 aliphatic carbocycles. The minimum Gasteiger partial charge on any atom is -0.445 e. The van der Waals surface area contributed by atoms with Gasteiger partial charge in [0.2, 0.25) is 11.8 Å². The number of carbonyl (C=O) groups excluding carboxylic acids is 3. The molecule has 0 aromatic heterocycles. The topological polar surface area (TPSA) is 108 Å². The summed E-state index contributed by atoms with van der Waals surface area (Å²) in [6.45, 7) is 7.55. The number of anilines is 1. The van der Waals surface area contributed by atoms with E-state index < -0.39 is 12.1 Å². The summed E-state index contributed by atoms with van der Waals surface area (Å²) in [5.74, 6) is -0.584. The number of benzene rings is 1. The lowest BCUT2D eigenvalue weighted by Crippen LogP contribution is -2.49. The van der Waals surface area contributed by atoms with E-state index in [0.717, 1.165) is 5.56 Å². The van der Waals surface area contributed by atoms with Crippen LogP contribution in [0.2, 0.25) is 0 Å². The number of nitrogens with zero attached hydrogens (tertiary/aromatic N) is 1. The molecule has 0 saturated heterocycles. The van der Waals surface area contributed by atoms with Gasteiger partial charge in [-0.05, 0) is 23.6 Å². The van der Waals surface area contributed by atoms with Crippen molar-refractivity contribution < 1.29 is 24.2 Å². The maximum Gasteiger partial charge on any atom is 0.410 e. The van der Waals surface area contributed by atoms with Gasteiger partial charge in [-0.3, -0.25) is 14.5 Å². The Morgan fingerprint density at radius 3 is 2.18 bits per heavy atom. The summed E-state index contributed by atoms with van der Waals surface area (Å²) in [5, 5.41) is 13.9. The predicted molar refractivity (Wildman–Crippen MR) is 109 cm³/mol. The third kappa shape index (κ3) is 8.39. The van der Waals surface area contributed by atoms with Gasteiger partial charge in [-0.2, -0.15) is 0 Å². The summed E-state index contributed by atoms with van der Waals surface area (Å²) in [6, 6.07) is 6.20. The molecule has 1 aromatic rings. The molecule has 0 bridgehead atoms. The van der Waals surface area contributed by atoms with E-state index in [2.05, 4.69) is 10.6 Å². The molecule has 28 heavy (non-hydrogen) atoms. The molecule has 0 aliphatic rings. The maximum absolute atomic E-state index is 12.2. The quantitative estimate of drug-likeness (QED) is 0.626. The molecule has 0 unspecified atom stereocenters. The number of carbonyl (C=O) groups is 3. The van der Waals surface area contributed by atoms with Gasteiger partial charge in [0.1, 0.15) is 12.6 Å². The van der Waals surface area contributed by atoms with E-state index in [1.807, 2.05) is 27.7 Å². The standard InChI is InChI=1S/C18H27N3O5.C2H6/c1-12(2)16(17(24)19-3)21(4)18(25)26-11-13-5-7-14(8-6-13)20-15(23)9-10-22;1-2/h5-8,12,16,22H,9-11H2,1-4H3,(H,19,24)(H,20,23);1-2H3/t16-;/m0./s1. The number of nitrogens with one attached hydrogen (secondary N) is 2. The van der Waals surface area contributed by atoms with E-state index in [0.29, 0.717) is 5.69 Å². The van der Waals surface area contributed by atoms with Crippen molar-refractivity contribution in [2.75, 3.05) is 26.0 Å². The number of aliphatic hydroxyl groups is 1. The van der Waals surface area contributed by atoms with Crippen molar-refractivity contribution in [1.29, 1.82) is 0 Å². The number of amides is 3. The Bertz CT molecular complexity index is 617. The fraction of sp³-hybridized carbons (Fsp3) is 0.550. The second kappa shape index (κ2) is 13.5. The monoisotopic (exact) mass is 395 g/mol. The lowest BCUT2D eigenvalue weighted by molar-refractivity contribution is -0.126. The first-order chi connectivity index (χ1) is 13.3. The molecule has 1 atom stereocenters. The molecule has 3 amide bonds. The van der Waals surface area contributed by atoms with Gasteiger partial charge in [-0.25, -0.2) is 4.79 Å². The van der Waals surface area contributed by atoms with Crippen LogP contribution in [0.25, 0.3) is 0 Å². The molecule has 0 aliphatic heterocycles. The summed E-state index contributed by atoms with van der Waals surface area (Å²) in [4.78, 5) is 36.8. The predicted octanol–water partition coefficient (Wildman–Crippen LogP) is 2.37. The van der Waals surface area contributed by atoms with Gasteiger partial charge in [-0.15, -0.1) is 0 Å². The summed E-state index contributed by atoms with van der Waals surface area (Å²) in [6.07, 6.45) is -0.554. The van der Waals surface area contributed by atoms with Crippen molar-refractivity contribution in [3.63, 3.8) is 0 Å². The molecular weight excluding hydrogens is 362 g/mol. The molecule has 8 heteroatoms. The average Bonchev–Trinajstić information content (AvgIpc) is 2.68. The van der Waals surface area contributed by atoms with Crippen LogP contribution in [0.4, 0.5) is 10.5 Å². The van der Waals surface area contributed by atoms with Crippen LogP contribution in [0.1, 0.15) is 39.7 Å². The first-order valence-corrected chi connectivity index (χ1v) is 9.41. The second-order valence-corrected chi connectivity index (χ2v) is 6.19. The van der Waals surface area contributed by atoms with Gasteiger partial charge in [0.15, 0.2) is 0 Å². The van der Waals surface area contributed by atoms with Gasteiger partial charge in [0.05, 0.1) is 13.0 Å². The number of ether oxygens (including phenoxy) is 1. The molecule has 1 aromatic carbocycles. The van der Waals surface area contributed by atoms with Crippen molar-refractivity contribution in [3.05, 3.63) is 29.8 Å². The minimum absolute atomic E-state index is 0.0358. The first-order valence-electron chi connectivity index (χ1n) is 9.41. The molecule has 0 radical (unpaired) electrons. The summed E-state index contributed by atoms with van der Waals surface area (Å²) in [7, 11) is 3.06. The normalized spacial score (nSPS) is 11.0. The van der Waals surface area contributed by atoms with Crippen LogP contribution < -0.4 is 10.6 Å². The third-order valence-corrected chi connectivity index (χ3v) is 3.79. The minimum atomic E-state index is -0.614. The van der Waals surface area contributed by atoms with Crippen LogP contribution in [0.3, 0.4) is 0 Å². The van der Waals surface area contributed by atoms with Gasteiger partial charge < -0.3 is 20.5 Å². The Labute approximate surface area is 167 Å². The summed E-state index contributed by atoms with van der Waals surface area (Å²) >= 11 is 0. The number of likely N-dealkylation sites (N-methyl/N-ethyl adjacent to an activating group) is 2. The van der Waals surface area contributed by atoms with Crippen LogP contribution in [0.15, 0.2) is 24.3 Å². The van der Waals surface area contributed by atoms with Gasteiger partial charge >= 0.3 is 6.09 Å². The molecule has 3 N–H and O–H groups in total. The van der Waals surface area contributed by atoms with Crippen LogP contribution in [-0.4, -0.2) is 54.7 Å². The van der Waals surface area contributed by atoms with E-state index in [1.54, 1.807) is 24.3 Å². The third-order valence-electron chi connectivity index (χ3n) is 3.79. The van der Waals surface area contributed by atoms with E-state index in [1.165, 1.54) is 19.0 Å². The Morgan fingerprint density at radius 1 is 1.14 bits per heavy atom. The highest BCUT2D eigenvalue weighted by Gasteiger charge is 2.29. The van der Waals surface area contributed by atoms with E-state index >= 15 is 0 Å². The van der Waals surface area contributed by atoms with E-state index in [4.69, 9.17) is 9.84 Å². The highest BCUT2D eigenvalue weighted by atomic mass is 16.6. The van der Waals surface area contributed by atoms with Crippen LogP contribution in [0.5, 0.6) is 0 Å². The molecule has 0 saturated carbocycles. The first kappa shape index (κ1) is 25.4. The van der Waals surface area contributed by atoms with Crippen LogP contribution >= 0.6 is 0 Å². The Balaban J connectivity index is 0.00000352. The number of rotatable bonds is 8. The van der Waals surface area contributed by atoms with Crippen LogP contribution in [-0.2, 0) is 20.9 Å². The molecule has 1 rings (SSSR count). The Kier molecular flexibility index (Phi) is 12.3. The average molecular weight is 396 g/mol. The molecule has 0 heterocycles. The Hall–Kier alpha value is -2.61. The van der Waals surface area contributed by atoms with Crippen molar-refractivity contribution in [1.82, 2.24) is 10.2 Å². The van der Waals surface area contributed by atoms with Gasteiger partial charge in [-0.1, -0.05) is 39.8 Å². The smallest absolute Gasteiger partial charge is 0.410 e. The lowest BCUT2D eigenvalue weighted by atomic mass is 10.0. The SMILES string of the molecule is CC.CNC(=O)[C@H](C(C)C)N(C)C(=O)OCc1ccc(NC(=O)CCO)cc1. The zero-order chi connectivity index (χ0) is 21.7. The van der Waals surface area contributed by atoms with Crippen LogP contribution in [0, 0.1) is 5.92 Å². The van der Waals surface area contributed by atoms with E-state index in [9.17, 15) is 14.4 Å². The van der Waals surface area contributed by atoms with Crippen molar-refractivity contribution in [3.8, 4) is 0 Å². The second-order valence-electron chi connectivity index (χ2n) is 6.19. The molecule has 0 spiro atoms. The van der Waals surface area contributed by atoms with Gasteiger partial charge in [0.25, 0.3) is 0 Å². The molecular formula is C20H33N3O5. The lowest BCUT2D eigenvalue weighted by Gasteiger charge is -2.28. The molecule has 8 nitrogen and oxygen atoms in total. The summed E-state index contributed by atoms with van der Waals surface area (Å²) < 4.78 is 5.26.